The molecule has 0 aliphatic carbocycles. The van der Waals surface area contributed by atoms with Gasteiger partial charge in [0, 0.05) is 57.3 Å². The zero-order valence-electron chi connectivity index (χ0n) is 22.7. The van der Waals surface area contributed by atoms with E-state index in [0.717, 1.165) is 6.07 Å². The number of carbonyl (C=O) groups excluding carboxylic acids is 1. The first-order valence-electron chi connectivity index (χ1n) is 13.0. The van der Waals surface area contributed by atoms with Crippen LogP contribution in [0.4, 0.5) is 34.9 Å². The van der Waals surface area contributed by atoms with Crippen LogP contribution < -0.4 is 20.3 Å². The van der Waals surface area contributed by atoms with Crippen LogP contribution in [0, 0.1) is 5.82 Å². The van der Waals surface area contributed by atoms with Crippen molar-refractivity contribution in [3.63, 3.8) is 0 Å². The highest BCUT2D eigenvalue weighted by Crippen LogP contribution is 2.47. The number of hydrogen-bond donors (Lipinski definition) is 2. The molecule has 5 rings (SSSR count). The van der Waals surface area contributed by atoms with Crippen LogP contribution in [0.25, 0.3) is 11.3 Å². The van der Waals surface area contributed by atoms with Crippen molar-refractivity contribution in [3.8, 4) is 22.9 Å². The van der Waals surface area contributed by atoms with Crippen LogP contribution in [-0.4, -0.2) is 66.0 Å². The van der Waals surface area contributed by atoms with Crippen molar-refractivity contribution < 1.29 is 27.1 Å². The van der Waals surface area contributed by atoms with Crippen LogP contribution in [0.15, 0.2) is 67.0 Å². The third-order valence-corrected chi connectivity index (χ3v) is 6.72. The minimum atomic E-state index is -5.13. The van der Waals surface area contributed by atoms with Crippen LogP contribution in [0.3, 0.4) is 0 Å². The smallest absolute Gasteiger partial charge is 0.422 e. The molecule has 1 fully saturated rings. The molecule has 1 saturated heterocycles. The number of aromatic nitrogens is 3. The van der Waals surface area contributed by atoms with E-state index in [1.807, 2.05) is 11.9 Å². The maximum atomic E-state index is 16.2. The summed E-state index contributed by atoms with van der Waals surface area (Å²) in [5.74, 6) is -2.99. The molecule has 218 valence electrons. The van der Waals surface area contributed by atoms with E-state index in [1.165, 1.54) is 23.4 Å². The molecule has 0 spiro atoms. The Balaban J connectivity index is 1.65. The fourth-order valence-corrected chi connectivity index (χ4v) is 4.58. The quantitative estimate of drug-likeness (QED) is 0.275. The first-order valence-corrected chi connectivity index (χ1v) is 13.0. The van der Waals surface area contributed by atoms with Crippen molar-refractivity contribution in [2.45, 2.75) is 6.18 Å². The third-order valence-electron chi connectivity index (χ3n) is 6.72. The Labute approximate surface area is 239 Å². The van der Waals surface area contributed by atoms with Crippen LogP contribution in [0.2, 0.25) is 0 Å². The molecule has 1 amide bonds. The van der Waals surface area contributed by atoms with Gasteiger partial charge in [0.05, 0.1) is 22.6 Å². The number of benzene rings is 2. The molecule has 42 heavy (non-hydrogen) atoms. The van der Waals surface area contributed by atoms with Gasteiger partial charge in [0.15, 0.2) is 5.82 Å². The van der Waals surface area contributed by atoms with E-state index in [9.17, 15) is 18.0 Å². The Morgan fingerprint density at radius 3 is 2.40 bits per heavy atom. The summed E-state index contributed by atoms with van der Waals surface area (Å²) >= 11 is 0. The van der Waals surface area contributed by atoms with Crippen molar-refractivity contribution in [2.24, 2.45) is 0 Å². The summed E-state index contributed by atoms with van der Waals surface area (Å²) in [7, 11) is 3.48. The first-order chi connectivity index (χ1) is 20.2. The Bertz CT molecular complexity index is 1580. The number of piperazine rings is 1. The molecular formula is C29H27F4N7O2. The summed E-state index contributed by atoms with van der Waals surface area (Å²) in [5, 5.41) is 5.40. The van der Waals surface area contributed by atoms with Crippen molar-refractivity contribution in [1.82, 2.24) is 19.9 Å². The van der Waals surface area contributed by atoms with E-state index in [0.29, 0.717) is 18.8 Å². The minimum absolute atomic E-state index is 0.161. The minimum Gasteiger partial charge on any atom is -0.437 e. The van der Waals surface area contributed by atoms with Crippen molar-refractivity contribution in [3.05, 3.63) is 83.9 Å². The Hall–Kier alpha value is -4.78. The number of hydrogen-bond acceptors (Lipinski definition) is 8. The molecule has 0 atom stereocenters. The first kappa shape index (κ1) is 28.7. The summed E-state index contributed by atoms with van der Waals surface area (Å²) in [6.45, 7) is 1.50. The molecule has 2 aromatic carbocycles. The summed E-state index contributed by atoms with van der Waals surface area (Å²) in [5.41, 5.74) is -1.31. The van der Waals surface area contributed by atoms with Gasteiger partial charge in [-0.05, 0) is 37.4 Å². The largest absolute Gasteiger partial charge is 0.437 e. The molecule has 1 aliphatic heterocycles. The average molecular weight is 582 g/mol. The summed E-state index contributed by atoms with van der Waals surface area (Å²) in [6, 6.07) is 13.8. The summed E-state index contributed by atoms with van der Waals surface area (Å²) < 4.78 is 65.5. The molecule has 1 aliphatic rings. The lowest BCUT2D eigenvalue weighted by Crippen LogP contribution is -2.45. The van der Waals surface area contributed by atoms with E-state index in [1.54, 1.807) is 49.5 Å². The van der Waals surface area contributed by atoms with Gasteiger partial charge in [-0.2, -0.15) is 13.2 Å². The van der Waals surface area contributed by atoms with Gasteiger partial charge in [-0.1, -0.05) is 18.2 Å². The average Bonchev–Trinajstić information content (AvgIpc) is 2.98. The predicted molar refractivity (Wildman–Crippen MR) is 150 cm³/mol. The number of alkyl halides is 3. The van der Waals surface area contributed by atoms with Gasteiger partial charge in [0.2, 0.25) is 11.8 Å². The van der Waals surface area contributed by atoms with Crippen molar-refractivity contribution in [1.29, 1.82) is 0 Å². The number of rotatable bonds is 7. The van der Waals surface area contributed by atoms with E-state index in [2.05, 4.69) is 25.6 Å². The SMILES string of the molecule is CNc1nccc(-c2cccnc2Oc2cc(NC(=O)c3ccccc3)c(N3CCN(C)CC3)c(F)c2C(F)(F)F)n1. The second kappa shape index (κ2) is 12.0. The molecule has 9 nitrogen and oxygen atoms in total. The lowest BCUT2D eigenvalue weighted by Gasteiger charge is -2.36. The Morgan fingerprint density at radius 2 is 1.71 bits per heavy atom. The van der Waals surface area contributed by atoms with Gasteiger partial charge in [0.1, 0.15) is 11.3 Å². The molecule has 2 N–H and O–H groups in total. The molecule has 3 heterocycles. The van der Waals surface area contributed by atoms with Crippen LogP contribution in [-0.2, 0) is 6.18 Å². The van der Waals surface area contributed by atoms with Crippen LogP contribution in [0.5, 0.6) is 11.6 Å². The monoisotopic (exact) mass is 581 g/mol. The predicted octanol–water partition coefficient (Wildman–Crippen LogP) is 5.53. The van der Waals surface area contributed by atoms with Crippen LogP contribution >= 0.6 is 0 Å². The fraction of sp³-hybridized carbons (Fsp3) is 0.241. The molecule has 2 aromatic heterocycles. The second-order valence-electron chi connectivity index (χ2n) is 9.54. The van der Waals surface area contributed by atoms with Crippen molar-refractivity contribution in [2.75, 3.05) is 55.8 Å². The standard InChI is InChI=1S/C29H27F4N7O2/c1-34-28-36-12-10-20(38-28)19-9-6-11-35-27(19)42-22-17-21(37-26(41)18-7-4-3-5-8-18)25(24(30)23(22)29(31,32)33)40-15-13-39(2)14-16-40/h3-12,17H,13-16H2,1-2H3,(H,37,41)(H,34,36,38). The molecule has 0 unspecified atom stereocenters. The lowest BCUT2D eigenvalue weighted by atomic mass is 10.1. The Morgan fingerprint density at radius 1 is 0.976 bits per heavy atom. The zero-order chi connectivity index (χ0) is 29.9. The van der Waals surface area contributed by atoms with E-state index in [4.69, 9.17) is 4.74 Å². The van der Waals surface area contributed by atoms with Gasteiger partial charge < -0.3 is 25.2 Å². The van der Waals surface area contributed by atoms with Gasteiger partial charge in [0.25, 0.3) is 5.91 Å². The number of nitrogens with one attached hydrogen (secondary N) is 2. The molecule has 13 heteroatoms. The highest BCUT2D eigenvalue weighted by atomic mass is 19.4. The molecule has 0 radical (unpaired) electrons. The summed E-state index contributed by atoms with van der Waals surface area (Å²) in [6.07, 6.45) is -2.33. The van der Waals surface area contributed by atoms with Crippen LogP contribution in [0.1, 0.15) is 15.9 Å². The topological polar surface area (TPSA) is 95.5 Å². The third kappa shape index (κ3) is 6.10. The number of carbonyl (C=O) groups is 1. The summed E-state index contributed by atoms with van der Waals surface area (Å²) in [4.78, 5) is 29.1. The normalized spacial score (nSPS) is 14.0. The van der Waals surface area contributed by atoms with Crippen molar-refractivity contribution >= 4 is 23.2 Å². The maximum Gasteiger partial charge on any atom is 0.422 e. The molecule has 0 bridgehead atoms. The lowest BCUT2D eigenvalue weighted by molar-refractivity contribution is -0.140. The van der Waals surface area contributed by atoms with Gasteiger partial charge in [-0.3, -0.25) is 4.79 Å². The molecular weight excluding hydrogens is 554 g/mol. The number of halogens is 4. The van der Waals surface area contributed by atoms with E-state index in [-0.39, 0.29) is 47.4 Å². The number of anilines is 3. The fourth-order valence-electron chi connectivity index (χ4n) is 4.58. The zero-order valence-corrected chi connectivity index (χ0v) is 22.7. The Kier molecular flexibility index (Phi) is 8.20. The number of amides is 1. The van der Waals surface area contributed by atoms with Gasteiger partial charge in [-0.15, -0.1) is 0 Å². The number of pyridine rings is 1. The van der Waals surface area contributed by atoms with Gasteiger partial charge >= 0.3 is 6.18 Å². The molecule has 4 aromatic rings. The number of nitrogens with zero attached hydrogens (tertiary/aromatic N) is 5. The molecule has 0 saturated carbocycles. The highest BCUT2D eigenvalue weighted by molar-refractivity contribution is 6.06. The number of ether oxygens (including phenoxy) is 1. The second-order valence-corrected chi connectivity index (χ2v) is 9.54. The number of likely N-dealkylation sites (N-methyl/N-ethyl adjacent to an activating group) is 1. The maximum absolute atomic E-state index is 16.2. The van der Waals surface area contributed by atoms with E-state index >= 15 is 4.39 Å². The highest BCUT2D eigenvalue weighted by Gasteiger charge is 2.42. The van der Waals surface area contributed by atoms with Gasteiger partial charge in [-0.25, -0.2) is 19.3 Å². The van der Waals surface area contributed by atoms with E-state index < -0.39 is 29.2 Å².